The molecule has 13 heavy (non-hydrogen) atoms. The van der Waals surface area contributed by atoms with Crippen LogP contribution in [0.15, 0.2) is 0 Å². The summed E-state index contributed by atoms with van der Waals surface area (Å²) >= 11 is 0. The molecule has 0 aromatic rings. The van der Waals surface area contributed by atoms with Gasteiger partial charge in [0, 0.05) is 12.1 Å². The van der Waals surface area contributed by atoms with E-state index in [9.17, 15) is 4.79 Å². The number of ether oxygens (including phenoxy) is 1. The van der Waals surface area contributed by atoms with Crippen LogP contribution in [0.25, 0.3) is 0 Å². The molecule has 0 unspecified atom stereocenters. The van der Waals surface area contributed by atoms with Crippen LogP contribution >= 0.6 is 0 Å². The van der Waals surface area contributed by atoms with Crippen molar-refractivity contribution >= 4 is 6.09 Å². The van der Waals surface area contributed by atoms with Crippen LogP contribution in [0.1, 0.15) is 27.2 Å². The molecule has 0 fully saturated rings. The third kappa shape index (κ3) is 4.12. The number of hydrogen-bond donors (Lipinski definition) is 1. The maximum absolute atomic E-state index is 11.3. The van der Waals surface area contributed by atoms with Crippen molar-refractivity contribution in [3.63, 3.8) is 0 Å². The molecule has 0 saturated carbocycles. The molecule has 0 aliphatic rings. The van der Waals surface area contributed by atoms with Crippen molar-refractivity contribution in [2.24, 2.45) is 5.73 Å². The van der Waals surface area contributed by atoms with Crippen molar-refractivity contribution in [1.82, 2.24) is 4.90 Å². The third-order valence-corrected chi connectivity index (χ3v) is 1.79. The van der Waals surface area contributed by atoms with Gasteiger partial charge in [0.25, 0.3) is 0 Å². The van der Waals surface area contributed by atoms with Crippen LogP contribution in [0.3, 0.4) is 0 Å². The highest BCUT2D eigenvalue weighted by Gasteiger charge is 2.26. The smallest absolute Gasteiger partial charge is 0.409 e. The molecule has 2 N–H and O–H groups in total. The van der Waals surface area contributed by atoms with Crippen molar-refractivity contribution in [3.8, 4) is 0 Å². The van der Waals surface area contributed by atoms with E-state index in [1.54, 1.807) is 4.90 Å². The number of carbonyl (C=O) groups is 1. The normalized spacial score (nSPS) is 11.2. The Balaban J connectivity index is 4.28. The zero-order chi connectivity index (χ0) is 10.5. The largest absolute Gasteiger partial charge is 0.453 e. The lowest BCUT2D eigenvalue weighted by atomic mass is 10.1. The molecule has 1 amide bonds. The zero-order valence-electron chi connectivity index (χ0n) is 8.96. The first-order valence-electron chi connectivity index (χ1n) is 4.49. The molecule has 4 nitrogen and oxygen atoms in total. The van der Waals surface area contributed by atoms with Crippen molar-refractivity contribution in [2.45, 2.75) is 32.7 Å². The van der Waals surface area contributed by atoms with Crippen molar-refractivity contribution in [3.05, 3.63) is 0 Å². The van der Waals surface area contributed by atoms with E-state index in [1.807, 2.05) is 20.8 Å². The summed E-state index contributed by atoms with van der Waals surface area (Å²) in [4.78, 5) is 13.0. The van der Waals surface area contributed by atoms with Crippen LogP contribution in [-0.4, -0.2) is 36.7 Å². The van der Waals surface area contributed by atoms with Gasteiger partial charge in [-0.2, -0.15) is 0 Å². The van der Waals surface area contributed by atoms with Crippen LogP contribution in [0.2, 0.25) is 0 Å². The number of hydrogen-bond acceptors (Lipinski definition) is 3. The first-order chi connectivity index (χ1) is 5.93. The van der Waals surface area contributed by atoms with Crippen molar-refractivity contribution in [1.29, 1.82) is 0 Å². The quantitative estimate of drug-likeness (QED) is 0.724. The molecular formula is C9H20N2O2. The predicted octanol–water partition coefficient (Wildman–Crippen LogP) is 1.20. The van der Waals surface area contributed by atoms with E-state index in [4.69, 9.17) is 5.73 Å². The Hall–Kier alpha value is -0.770. The molecule has 0 radical (unpaired) electrons. The maximum atomic E-state index is 11.3. The van der Waals surface area contributed by atoms with E-state index in [0.29, 0.717) is 13.1 Å². The minimum Gasteiger partial charge on any atom is -0.453 e. The lowest BCUT2D eigenvalue weighted by Crippen LogP contribution is -2.46. The van der Waals surface area contributed by atoms with E-state index in [2.05, 4.69) is 4.74 Å². The Bertz CT molecular complexity index is 163. The van der Waals surface area contributed by atoms with E-state index in [0.717, 1.165) is 6.42 Å². The van der Waals surface area contributed by atoms with Crippen LogP contribution < -0.4 is 5.73 Å². The minimum absolute atomic E-state index is 0.206. The SMILES string of the molecule is COC(=O)N(CCCN)C(C)(C)C. The molecule has 0 rings (SSSR count). The molecule has 0 aliphatic carbocycles. The lowest BCUT2D eigenvalue weighted by molar-refractivity contribution is 0.0834. The Morgan fingerprint density at radius 3 is 2.31 bits per heavy atom. The molecule has 0 aromatic carbocycles. The summed E-state index contributed by atoms with van der Waals surface area (Å²) in [6.07, 6.45) is 0.507. The average Bonchev–Trinajstić information content (AvgIpc) is 2.02. The Kier molecular flexibility index (Phi) is 4.77. The highest BCUT2D eigenvalue weighted by Crippen LogP contribution is 2.14. The van der Waals surface area contributed by atoms with E-state index >= 15 is 0 Å². The average molecular weight is 188 g/mol. The van der Waals surface area contributed by atoms with Crippen molar-refractivity contribution < 1.29 is 9.53 Å². The summed E-state index contributed by atoms with van der Waals surface area (Å²) in [5.41, 5.74) is 5.18. The fourth-order valence-electron chi connectivity index (χ4n) is 1.06. The number of nitrogens with two attached hydrogens (primary N) is 1. The molecule has 0 bridgehead atoms. The molecule has 78 valence electrons. The molecule has 0 atom stereocenters. The summed E-state index contributed by atoms with van der Waals surface area (Å²) in [5, 5.41) is 0. The summed E-state index contributed by atoms with van der Waals surface area (Å²) in [6.45, 7) is 7.15. The van der Waals surface area contributed by atoms with Crippen LogP contribution in [0.4, 0.5) is 4.79 Å². The van der Waals surface area contributed by atoms with Gasteiger partial charge in [-0.25, -0.2) is 4.79 Å². The number of methoxy groups -OCH3 is 1. The van der Waals surface area contributed by atoms with Gasteiger partial charge in [-0.3, -0.25) is 0 Å². The zero-order valence-corrected chi connectivity index (χ0v) is 8.96. The minimum atomic E-state index is -0.291. The summed E-state index contributed by atoms with van der Waals surface area (Å²) in [5.74, 6) is 0. The molecule has 0 spiro atoms. The monoisotopic (exact) mass is 188 g/mol. The molecule has 0 saturated heterocycles. The second-order valence-electron chi connectivity index (χ2n) is 3.93. The Morgan fingerprint density at radius 2 is 2.00 bits per heavy atom. The summed E-state index contributed by atoms with van der Waals surface area (Å²) < 4.78 is 4.68. The highest BCUT2D eigenvalue weighted by atomic mass is 16.5. The number of rotatable bonds is 3. The van der Waals surface area contributed by atoms with Gasteiger partial charge in [-0.1, -0.05) is 0 Å². The second-order valence-corrected chi connectivity index (χ2v) is 3.93. The highest BCUT2D eigenvalue weighted by molar-refractivity contribution is 5.68. The number of amides is 1. The Labute approximate surface area is 80.0 Å². The third-order valence-electron chi connectivity index (χ3n) is 1.79. The molecule has 4 heteroatoms. The first kappa shape index (κ1) is 12.2. The van der Waals surface area contributed by atoms with Gasteiger partial charge >= 0.3 is 6.09 Å². The van der Waals surface area contributed by atoms with Gasteiger partial charge in [0.15, 0.2) is 0 Å². The standard InChI is InChI=1S/C9H20N2O2/c1-9(2,3)11(7-5-6-10)8(12)13-4/h5-7,10H2,1-4H3. The fourth-order valence-corrected chi connectivity index (χ4v) is 1.06. The van der Waals surface area contributed by atoms with Gasteiger partial charge in [0.05, 0.1) is 7.11 Å². The van der Waals surface area contributed by atoms with Gasteiger partial charge in [-0.15, -0.1) is 0 Å². The number of nitrogens with zero attached hydrogens (tertiary/aromatic N) is 1. The lowest BCUT2D eigenvalue weighted by Gasteiger charge is -2.34. The summed E-state index contributed by atoms with van der Waals surface area (Å²) in [7, 11) is 1.39. The number of carbonyl (C=O) groups excluding carboxylic acids is 1. The van der Waals surface area contributed by atoms with Crippen LogP contribution in [0.5, 0.6) is 0 Å². The molecular weight excluding hydrogens is 168 g/mol. The van der Waals surface area contributed by atoms with E-state index < -0.39 is 0 Å². The molecule has 0 heterocycles. The Morgan fingerprint density at radius 1 is 1.46 bits per heavy atom. The summed E-state index contributed by atoms with van der Waals surface area (Å²) in [6, 6.07) is 0. The second kappa shape index (κ2) is 5.07. The van der Waals surface area contributed by atoms with Crippen molar-refractivity contribution in [2.75, 3.05) is 20.2 Å². The predicted molar refractivity (Wildman–Crippen MR) is 52.5 cm³/mol. The van der Waals surface area contributed by atoms with Gasteiger partial charge in [0.1, 0.15) is 0 Å². The van der Waals surface area contributed by atoms with Gasteiger partial charge < -0.3 is 15.4 Å². The maximum Gasteiger partial charge on any atom is 0.409 e. The van der Waals surface area contributed by atoms with E-state index in [1.165, 1.54) is 7.11 Å². The van der Waals surface area contributed by atoms with Crippen LogP contribution in [0, 0.1) is 0 Å². The molecule has 0 aliphatic heterocycles. The van der Waals surface area contributed by atoms with E-state index in [-0.39, 0.29) is 11.6 Å². The first-order valence-corrected chi connectivity index (χ1v) is 4.49. The van der Waals surface area contributed by atoms with Crippen LogP contribution in [-0.2, 0) is 4.74 Å². The molecule has 0 aromatic heterocycles. The van der Waals surface area contributed by atoms with Gasteiger partial charge in [0.2, 0.25) is 0 Å². The van der Waals surface area contributed by atoms with Gasteiger partial charge in [-0.05, 0) is 33.7 Å². The fraction of sp³-hybridized carbons (Fsp3) is 0.889. The topological polar surface area (TPSA) is 55.6 Å².